The molecule has 0 bridgehead atoms. The second-order valence-electron chi connectivity index (χ2n) is 12.0. The molecule has 4 aliphatic rings. The van der Waals surface area contributed by atoms with Gasteiger partial charge in [-0.05, 0) is 49.0 Å². The highest BCUT2D eigenvalue weighted by molar-refractivity contribution is 6.05. The second kappa shape index (κ2) is 7.21. The summed E-state index contributed by atoms with van der Waals surface area (Å²) in [5.41, 5.74) is -1.17. The highest BCUT2D eigenvalue weighted by Gasteiger charge is 2.70. The number of allylic oxidation sites excluding steroid dienone is 2. The summed E-state index contributed by atoms with van der Waals surface area (Å²) in [6.07, 6.45) is 0.878. The topological polar surface area (TPSA) is 109 Å². The van der Waals surface area contributed by atoms with Crippen LogP contribution in [0.2, 0.25) is 0 Å². The molecule has 4 rings (SSSR count). The Morgan fingerprint density at radius 1 is 1.06 bits per heavy atom. The average Bonchev–Trinajstić information content (AvgIpc) is 2.92. The van der Waals surface area contributed by atoms with Crippen LogP contribution in [-0.2, 0) is 19.2 Å². The van der Waals surface area contributed by atoms with Crippen molar-refractivity contribution in [3.8, 4) is 0 Å². The molecule has 0 aliphatic heterocycles. The van der Waals surface area contributed by atoms with E-state index in [0.717, 1.165) is 0 Å². The van der Waals surface area contributed by atoms with E-state index in [1.165, 1.54) is 0 Å². The van der Waals surface area contributed by atoms with Crippen molar-refractivity contribution in [1.29, 1.82) is 0 Å². The molecule has 0 aromatic rings. The van der Waals surface area contributed by atoms with Crippen LogP contribution in [0.4, 0.5) is 0 Å². The van der Waals surface area contributed by atoms with E-state index in [4.69, 9.17) is 5.11 Å². The first-order chi connectivity index (χ1) is 15.1. The van der Waals surface area contributed by atoms with Gasteiger partial charge in [-0.1, -0.05) is 39.8 Å². The van der Waals surface area contributed by atoms with Gasteiger partial charge in [-0.15, -0.1) is 0 Å². The zero-order valence-electron chi connectivity index (χ0n) is 20.4. The number of ketones is 3. The van der Waals surface area contributed by atoms with Crippen LogP contribution in [0.15, 0.2) is 23.3 Å². The number of carbonyl (C=O) groups excluding carboxylic acids is 3. The Kier molecular flexibility index (Phi) is 5.25. The number of hydrogen-bond acceptors (Lipinski definition) is 5. The molecule has 0 heterocycles. The van der Waals surface area contributed by atoms with Crippen LogP contribution in [-0.4, -0.2) is 39.6 Å². The van der Waals surface area contributed by atoms with E-state index < -0.39 is 33.7 Å². The molecule has 180 valence electrons. The first-order valence-electron chi connectivity index (χ1n) is 12.0. The first kappa shape index (κ1) is 24.1. The van der Waals surface area contributed by atoms with Crippen molar-refractivity contribution in [2.24, 2.45) is 33.5 Å². The standard InChI is InChI=1S/C27H36O6/c1-14(7-8-21(32)33)15-11-20(31)27(6)23-16(28)12-18-24(2,3)19(30)9-10-25(18,4)22(23)17(29)13-26(15,27)5/h15-16,18,28H,1,7-13H2,2-6H3,(H,32,33)/t15-,16+,18+,25+,26-,27+/m0/s1. The number of aliphatic hydroxyl groups is 1. The van der Waals surface area contributed by atoms with Crippen molar-refractivity contribution in [1.82, 2.24) is 0 Å². The molecule has 0 aromatic carbocycles. The zero-order valence-corrected chi connectivity index (χ0v) is 20.4. The Bertz CT molecular complexity index is 1020. The molecular formula is C27H36O6. The minimum Gasteiger partial charge on any atom is -0.481 e. The lowest BCUT2D eigenvalue weighted by Crippen LogP contribution is -2.59. The molecule has 2 N–H and O–H groups in total. The van der Waals surface area contributed by atoms with Crippen molar-refractivity contribution in [2.75, 3.05) is 0 Å². The fourth-order valence-corrected chi connectivity index (χ4v) is 8.08. The third kappa shape index (κ3) is 2.95. The van der Waals surface area contributed by atoms with Crippen LogP contribution < -0.4 is 0 Å². The van der Waals surface area contributed by atoms with Gasteiger partial charge in [-0.3, -0.25) is 19.2 Å². The summed E-state index contributed by atoms with van der Waals surface area (Å²) in [5.74, 6) is -1.31. The van der Waals surface area contributed by atoms with Gasteiger partial charge in [-0.25, -0.2) is 0 Å². The lowest BCUT2D eigenvalue weighted by atomic mass is 9.42. The van der Waals surface area contributed by atoms with Crippen molar-refractivity contribution in [2.45, 2.75) is 85.7 Å². The molecule has 0 spiro atoms. The van der Waals surface area contributed by atoms with Crippen LogP contribution in [0.25, 0.3) is 0 Å². The SMILES string of the molecule is C=C(CCC(=O)O)[C@@H]1CC(=O)[C@]2(C)C3=C(C(=O)C[C@@]12C)[C@]1(C)CCC(=O)C(C)(C)[C@H]1C[C@H]3O. The highest BCUT2D eigenvalue weighted by Crippen LogP contribution is 2.70. The lowest BCUT2D eigenvalue weighted by Gasteiger charge is -2.60. The van der Waals surface area contributed by atoms with E-state index in [-0.39, 0.29) is 54.9 Å². The van der Waals surface area contributed by atoms with Crippen molar-refractivity contribution in [3.05, 3.63) is 23.3 Å². The summed E-state index contributed by atoms with van der Waals surface area (Å²) in [4.78, 5) is 51.4. The van der Waals surface area contributed by atoms with Crippen molar-refractivity contribution in [3.63, 3.8) is 0 Å². The second-order valence-corrected chi connectivity index (χ2v) is 12.0. The predicted octanol–water partition coefficient (Wildman–Crippen LogP) is 4.05. The molecule has 0 amide bonds. The molecule has 4 aliphatic carbocycles. The fourth-order valence-electron chi connectivity index (χ4n) is 8.08. The Morgan fingerprint density at radius 2 is 1.70 bits per heavy atom. The van der Waals surface area contributed by atoms with E-state index in [0.29, 0.717) is 36.0 Å². The number of aliphatic carboxylic acids is 1. The maximum Gasteiger partial charge on any atom is 0.303 e. The number of Topliss-reactive ketones (excluding diaryl/α,β-unsaturated/α-hetero) is 3. The molecule has 0 aromatic heterocycles. The Hall–Kier alpha value is -2.08. The van der Waals surface area contributed by atoms with Gasteiger partial charge < -0.3 is 10.2 Å². The van der Waals surface area contributed by atoms with Crippen LogP contribution in [0, 0.1) is 33.5 Å². The number of fused-ring (bicyclic) bond motifs is 4. The van der Waals surface area contributed by atoms with E-state index in [9.17, 15) is 24.3 Å². The van der Waals surface area contributed by atoms with Gasteiger partial charge in [0.1, 0.15) is 11.6 Å². The third-order valence-electron chi connectivity index (χ3n) is 10.2. The van der Waals surface area contributed by atoms with Crippen LogP contribution in [0.1, 0.15) is 79.6 Å². The molecule has 33 heavy (non-hydrogen) atoms. The summed E-state index contributed by atoms with van der Waals surface area (Å²) in [5, 5.41) is 20.6. The molecule has 6 heteroatoms. The molecular weight excluding hydrogens is 420 g/mol. The zero-order chi connectivity index (χ0) is 24.7. The van der Waals surface area contributed by atoms with Crippen molar-refractivity contribution < 1.29 is 29.4 Å². The smallest absolute Gasteiger partial charge is 0.303 e. The van der Waals surface area contributed by atoms with Gasteiger partial charge in [0.25, 0.3) is 0 Å². The Balaban J connectivity index is 1.86. The molecule has 0 radical (unpaired) electrons. The van der Waals surface area contributed by atoms with E-state index in [1.54, 1.807) is 0 Å². The van der Waals surface area contributed by atoms with Gasteiger partial charge in [0.15, 0.2) is 5.78 Å². The number of hydrogen-bond donors (Lipinski definition) is 2. The summed E-state index contributed by atoms with van der Waals surface area (Å²) in [6.45, 7) is 13.8. The van der Waals surface area contributed by atoms with E-state index in [2.05, 4.69) is 6.58 Å². The Morgan fingerprint density at radius 3 is 2.30 bits per heavy atom. The molecule has 2 fully saturated rings. The summed E-state index contributed by atoms with van der Waals surface area (Å²) < 4.78 is 0. The normalized spacial score (nSPS) is 42.0. The monoisotopic (exact) mass is 456 g/mol. The van der Waals surface area contributed by atoms with Gasteiger partial charge in [0.05, 0.1) is 11.5 Å². The van der Waals surface area contributed by atoms with Gasteiger partial charge >= 0.3 is 5.97 Å². The molecule has 0 saturated heterocycles. The first-order valence-corrected chi connectivity index (χ1v) is 12.0. The third-order valence-corrected chi connectivity index (χ3v) is 10.2. The summed E-state index contributed by atoms with van der Waals surface area (Å²) >= 11 is 0. The number of carbonyl (C=O) groups is 4. The minimum absolute atomic E-state index is 0.0151. The van der Waals surface area contributed by atoms with Gasteiger partial charge in [0.2, 0.25) is 0 Å². The average molecular weight is 457 g/mol. The van der Waals surface area contributed by atoms with Gasteiger partial charge in [0, 0.05) is 42.1 Å². The van der Waals surface area contributed by atoms with Crippen LogP contribution >= 0.6 is 0 Å². The van der Waals surface area contributed by atoms with Crippen LogP contribution in [0.5, 0.6) is 0 Å². The lowest BCUT2D eigenvalue weighted by molar-refractivity contribution is -0.146. The van der Waals surface area contributed by atoms with E-state index in [1.807, 2.05) is 34.6 Å². The molecule has 6 atom stereocenters. The number of carboxylic acid groups (broad SMARTS) is 1. The summed E-state index contributed by atoms with van der Waals surface area (Å²) in [6, 6.07) is 0. The summed E-state index contributed by atoms with van der Waals surface area (Å²) in [7, 11) is 0. The maximum atomic E-state index is 13.9. The number of rotatable bonds is 4. The minimum atomic E-state index is -1.02. The van der Waals surface area contributed by atoms with E-state index >= 15 is 0 Å². The van der Waals surface area contributed by atoms with Gasteiger partial charge in [-0.2, -0.15) is 0 Å². The molecule has 2 saturated carbocycles. The quantitative estimate of drug-likeness (QED) is 0.618. The molecule has 0 unspecified atom stereocenters. The van der Waals surface area contributed by atoms with Crippen LogP contribution in [0.3, 0.4) is 0 Å². The largest absolute Gasteiger partial charge is 0.481 e. The predicted molar refractivity (Wildman–Crippen MR) is 122 cm³/mol. The number of aliphatic hydroxyl groups excluding tert-OH is 1. The fraction of sp³-hybridized carbons (Fsp3) is 0.704. The highest BCUT2D eigenvalue weighted by atomic mass is 16.4. The maximum absolute atomic E-state index is 13.9. The van der Waals surface area contributed by atoms with Crippen molar-refractivity contribution >= 4 is 23.3 Å². The Labute approximate surface area is 195 Å². The number of carboxylic acids is 1. The molecule has 6 nitrogen and oxygen atoms in total.